The first kappa shape index (κ1) is 21.2. The van der Waals surface area contributed by atoms with Crippen LogP contribution in [0.1, 0.15) is 52.5 Å². The number of piperidine rings is 1. The van der Waals surface area contributed by atoms with E-state index in [1.165, 1.54) is 0 Å². The molecule has 7 nitrogen and oxygen atoms in total. The van der Waals surface area contributed by atoms with E-state index in [2.05, 4.69) is 40.5 Å². The van der Waals surface area contributed by atoms with Crippen LogP contribution in [0.25, 0.3) is 11.4 Å². The van der Waals surface area contributed by atoms with E-state index in [1.807, 2.05) is 16.8 Å². The topological polar surface area (TPSA) is 68.0 Å². The van der Waals surface area contributed by atoms with Gasteiger partial charge in [0.15, 0.2) is 10.6 Å². The van der Waals surface area contributed by atoms with Crippen molar-refractivity contribution < 1.29 is 4.79 Å². The fourth-order valence-electron chi connectivity index (χ4n) is 3.91. The van der Waals surface area contributed by atoms with E-state index < -0.39 is 0 Å². The number of carbonyl (C=O) groups excluding carboxylic acids is 1. The number of hydrogen-bond donors (Lipinski definition) is 1. The first-order valence-electron chi connectivity index (χ1n) is 11.1. The number of nitrogens with one attached hydrogen (secondary N) is 1. The summed E-state index contributed by atoms with van der Waals surface area (Å²) in [6, 6.07) is 4.66. The molecule has 0 radical (unpaired) electrons. The van der Waals surface area contributed by atoms with Gasteiger partial charge >= 0.3 is 0 Å². The van der Waals surface area contributed by atoms with Crippen molar-refractivity contribution in [1.82, 2.24) is 29.5 Å². The minimum absolute atomic E-state index is 0.104. The van der Waals surface area contributed by atoms with Crippen molar-refractivity contribution in [1.29, 1.82) is 0 Å². The summed E-state index contributed by atoms with van der Waals surface area (Å²) >= 11 is 5.79. The Bertz CT molecular complexity index is 925. The van der Waals surface area contributed by atoms with E-state index in [0.29, 0.717) is 18.6 Å². The first-order valence-corrected chi connectivity index (χ1v) is 11.5. The lowest BCUT2D eigenvalue weighted by Crippen LogP contribution is -2.44. The molecule has 1 N–H and O–H groups in total. The van der Waals surface area contributed by atoms with Gasteiger partial charge in [0.1, 0.15) is 0 Å². The smallest absolute Gasteiger partial charge is 0.223 e. The van der Waals surface area contributed by atoms with Crippen molar-refractivity contribution in [3.63, 3.8) is 0 Å². The largest absolute Gasteiger partial charge is 0.353 e. The molecule has 1 saturated heterocycles. The molecule has 0 bridgehead atoms. The third-order valence-corrected chi connectivity index (χ3v) is 6.79. The van der Waals surface area contributed by atoms with Crippen LogP contribution < -0.4 is 5.32 Å². The van der Waals surface area contributed by atoms with Crippen molar-refractivity contribution in [2.24, 2.45) is 11.8 Å². The number of carbonyl (C=O) groups is 1. The highest BCUT2D eigenvalue weighted by Gasteiger charge is 2.30. The Hall–Kier alpha value is -2.06. The van der Waals surface area contributed by atoms with Gasteiger partial charge in [0.25, 0.3) is 0 Å². The van der Waals surface area contributed by atoms with E-state index in [0.717, 1.165) is 54.9 Å². The SMILES string of the molecule is CC(C)C(C)NC(=O)C1CCN(Cn2nc(-c3ccncc3)n(C3CC3)c2=S)CC1. The molecular weight excluding hydrogens is 396 g/mol. The second-order valence-corrected chi connectivity index (χ2v) is 9.38. The standard InChI is InChI=1S/C22H32N6OS/c1-15(2)16(3)24-21(29)18-8-12-26(13-9-18)14-27-22(30)28(19-4-5-19)20(25-27)17-6-10-23-11-7-17/h6-7,10-11,15-16,18-19H,4-5,8-9,12-14H2,1-3H3,(H,24,29). The van der Waals surface area contributed by atoms with Gasteiger partial charge in [-0.05, 0) is 62.9 Å². The van der Waals surface area contributed by atoms with Crippen molar-refractivity contribution in [3.8, 4) is 11.4 Å². The maximum absolute atomic E-state index is 12.5. The van der Waals surface area contributed by atoms with Crippen molar-refractivity contribution in [2.45, 2.75) is 65.2 Å². The number of nitrogens with zero attached hydrogens (tertiary/aromatic N) is 5. The van der Waals surface area contributed by atoms with Gasteiger partial charge in [0.2, 0.25) is 5.91 Å². The molecule has 8 heteroatoms. The zero-order chi connectivity index (χ0) is 21.3. The minimum atomic E-state index is 0.104. The summed E-state index contributed by atoms with van der Waals surface area (Å²) < 4.78 is 4.94. The summed E-state index contributed by atoms with van der Waals surface area (Å²) in [4.78, 5) is 19.0. The van der Waals surface area contributed by atoms with Crippen molar-refractivity contribution >= 4 is 18.1 Å². The maximum Gasteiger partial charge on any atom is 0.223 e. The van der Waals surface area contributed by atoms with E-state index >= 15 is 0 Å². The molecular formula is C22H32N6OS. The first-order chi connectivity index (χ1) is 14.4. The number of amides is 1. The highest BCUT2D eigenvalue weighted by molar-refractivity contribution is 7.71. The lowest BCUT2D eigenvalue weighted by molar-refractivity contribution is -0.127. The average molecular weight is 429 g/mol. The molecule has 1 amide bonds. The van der Waals surface area contributed by atoms with E-state index in [1.54, 1.807) is 12.4 Å². The summed E-state index contributed by atoms with van der Waals surface area (Å²) in [5.41, 5.74) is 1.05. The summed E-state index contributed by atoms with van der Waals surface area (Å²) in [6.45, 7) is 8.80. The Morgan fingerprint density at radius 2 is 1.83 bits per heavy atom. The zero-order valence-electron chi connectivity index (χ0n) is 18.1. The number of hydrogen-bond acceptors (Lipinski definition) is 5. The van der Waals surface area contributed by atoms with Crippen LogP contribution in [0.3, 0.4) is 0 Å². The predicted octanol–water partition coefficient (Wildman–Crippen LogP) is 3.64. The number of likely N-dealkylation sites (tertiary alicyclic amines) is 1. The van der Waals surface area contributed by atoms with Gasteiger partial charge in [-0.1, -0.05) is 13.8 Å². The summed E-state index contributed by atoms with van der Waals surface area (Å²) in [7, 11) is 0. The zero-order valence-corrected chi connectivity index (χ0v) is 18.9. The molecule has 0 aromatic carbocycles. The third kappa shape index (κ3) is 4.64. The molecule has 1 unspecified atom stereocenters. The summed E-state index contributed by atoms with van der Waals surface area (Å²) in [5.74, 6) is 1.69. The summed E-state index contributed by atoms with van der Waals surface area (Å²) in [6.07, 6.45) is 7.67. The van der Waals surface area contributed by atoms with Gasteiger partial charge in [-0.15, -0.1) is 0 Å². The second-order valence-electron chi connectivity index (χ2n) is 9.02. The Morgan fingerprint density at radius 3 is 2.43 bits per heavy atom. The molecule has 1 aliphatic heterocycles. The van der Waals surface area contributed by atoms with Crippen LogP contribution in [-0.2, 0) is 11.5 Å². The Kier molecular flexibility index (Phi) is 6.34. The Morgan fingerprint density at radius 1 is 1.17 bits per heavy atom. The molecule has 2 aromatic rings. The number of rotatable bonds is 7. The van der Waals surface area contributed by atoms with Gasteiger partial charge < -0.3 is 5.32 Å². The number of aromatic nitrogens is 4. The average Bonchev–Trinajstić information content (AvgIpc) is 3.53. The lowest BCUT2D eigenvalue weighted by Gasteiger charge is -2.32. The van der Waals surface area contributed by atoms with Crippen LogP contribution >= 0.6 is 12.2 Å². The van der Waals surface area contributed by atoms with Gasteiger partial charge in [-0.25, -0.2) is 4.68 Å². The molecule has 162 valence electrons. The molecule has 30 heavy (non-hydrogen) atoms. The summed E-state index contributed by atoms with van der Waals surface area (Å²) in [5, 5.41) is 8.05. The second kappa shape index (κ2) is 8.98. The van der Waals surface area contributed by atoms with Crippen LogP contribution in [0.2, 0.25) is 0 Å². The fourth-order valence-corrected chi connectivity index (χ4v) is 4.24. The molecule has 2 aliphatic rings. The quantitative estimate of drug-likeness (QED) is 0.682. The molecule has 4 rings (SSSR count). The molecule has 0 spiro atoms. The lowest BCUT2D eigenvalue weighted by atomic mass is 9.95. The Labute approximate surface area is 183 Å². The van der Waals surface area contributed by atoms with Crippen LogP contribution in [0.4, 0.5) is 0 Å². The molecule has 1 atom stereocenters. The fraction of sp³-hybridized carbons (Fsp3) is 0.636. The van der Waals surface area contributed by atoms with Crippen molar-refractivity contribution in [3.05, 3.63) is 29.3 Å². The predicted molar refractivity (Wildman–Crippen MR) is 119 cm³/mol. The van der Waals surface area contributed by atoms with E-state index in [4.69, 9.17) is 17.3 Å². The van der Waals surface area contributed by atoms with Crippen LogP contribution in [0.15, 0.2) is 24.5 Å². The highest BCUT2D eigenvalue weighted by Crippen LogP contribution is 2.38. The Balaban J connectivity index is 1.41. The van der Waals surface area contributed by atoms with Gasteiger partial charge in [0, 0.05) is 49.0 Å². The van der Waals surface area contributed by atoms with Crippen LogP contribution in [-0.4, -0.2) is 49.3 Å². The van der Waals surface area contributed by atoms with Gasteiger partial charge in [-0.3, -0.25) is 19.2 Å². The molecule has 3 heterocycles. The van der Waals surface area contributed by atoms with Crippen molar-refractivity contribution in [2.75, 3.05) is 13.1 Å². The molecule has 2 aromatic heterocycles. The molecule has 1 aliphatic carbocycles. The molecule has 2 fully saturated rings. The molecule has 1 saturated carbocycles. The third-order valence-electron chi connectivity index (χ3n) is 6.38. The highest BCUT2D eigenvalue weighted by atomic mass is 32.1. The van der Waals surface area contributed by atoms with Crippen LogP contribution in [0, 0.1) is 16.6 Å². The normalized spacial score (nSPS) is 19.2. The van der Waals surface area contributed by atoms with Gasteiger partial charge in [0.05, 0.1) is 6.67 Å². The van der Waals surface area contributed by atoms with Gasteiger partial charge in [-0.2, -0.15) is 5.10 Å². The van der Waals surface area contributed by atoms with Crippen LogP contribution in [0.5, 0.6) is 0 Å². The maximum atomic E-state index is 12.5. The number of pyridine rings is 1. The van der Waals surface area contributed by atoms with E-state index in [9.17, 15) is 4.79 Å². The van der Waals surface area contributed by atoms with E-state index in [-0.39, 0.29) is 17.9 Å². The monoisotopic (exact) mass is 428 g/mol. The minimum Gasteiger partial charge on any atom is -0.353 e.